The van der Waals surface area contributed by atoms with Crippen molar-refractivity contribution >= 4 is 12.4 Å². The molecule has 0 aliphatic carbocycles. The lowest BCUT2D eigenvalue weighted by molar-refractivity contribution is 0.235. The lowest BCUT2D eigenvalue weighted by atomic mass is 9.86. The number of rotatable bonds is 2. The van der Waals surface area contributed by atoms with E-state index in [0.717, 1.165) is 6.54 Å². The monoisotopic (exact) mass is 233 g/mol. The van der Waals surface area contributed by atoms with Gasteiger partial charge < -0.3 is 16.0 Å². The second-order valence-corrected chi connectivity index (χ2v) is 5.88. The maximum atomic E-state index is 6.05. The SMILES string of the molecule is CC(C)(N)CN1CCC2(CCNC2)C1.Cl. The van der Waals surface area contributed by atoms with Crippen LogP contribution in [0.5, 0.6) is 0 Å². The largest absolute Gasteiger partial charge is 0.324 e. The summed E-state index contributed by atoms with van der Waals surface area (Å²) >= 11 is 0. The highest BCUT2D eigenvalue weighted by Gasteiger charge is 2.40. The summed E-state index contributed by atoms with van der Waals surface area (Å²) in [5, 5.41) is 3.48. The summed E-state index contributed by atoms with van der Waals surface area (Å²) in [4.78, 5) is 2.53. The number of hydrogen-bond donors (Lipinski definition) is 2. The number of halogens is 1. The molecule has 1 unspecified atom stereocenters. The Balaban J connectivity index is 0.00000112. The Morgan fingerprint density at radius 3 is 2.67 bits per heavy atom. The molecule has 0 radical (unpaired) electrons. The minimum Gasteiger partial charge on any atom is -0.324 e. The van der Waals surface area contributed by atoms with Crippen molar-refractivity contribution in [1.29, 1.82) is 0 Å². The highest BCUT2D eigenvalue weighted by atomic mass is 35.5. The molecule has 1 atom stereocenters. The van der Waals surface area contributed by atoms with E-state index in [0.29, 0.717) is 5.41 Å². The minimum absolute atomic E-state index is 0. The molecular weight excluding hydrogens is 210 g/mol. The van der Waals surface area contributed by atoms with E-state index in [2.05, 4.69) is 24.1 Å². The number of nitrogens with one attached hydrogen (secondary N) is 1. The molecule has 1 spiro atoms. The van der Waals surface area contributed by atoms with Crippen LogP contribution in [0.1, 0.15) is 26.7 Å². The van der Waals surface area contributed by atoms with Gasteiger partial charge in [0, 0.05) is 25.2 Å². The van der Waals surface area contributed by atoms with Gasteiger partial charge in [0.2, 0.25) is 0 Å². The van der Waals surface area contributed by atoms with E-state index in [1.54, 1.807) is 0 Å². The van der Waals surface area contributed by atoms with Crippen LogP contribution in [0.3, 0.4) is 0 Å². The molecule has 2 heterocycles. The molecule has 0 aromatic heterocycles. The number of hydrogen-bond acceptors (Lipinski definition) is 3. The lowest BCUT2D eigenvalue weighted by Gasteiger charge is -2.28. The van der Waals surface area contributed by atoms with Crippen LogP contribution in [0.4, 0.5) is 0 Å². The topological polar surface area (TPSA) is 41.3 Å². The summed E-state index contributed by atoms with van der Waals surface area (Å²) in [5.41, 5.74) is 6.59. The van der Waals surface area contributed by atoms with Crippen LogP contribution in [-0.2, 0) is 0 Å². The molecule has 0 bridgehead atoms. The van der Waals surface area contributed by atoms with Gasteiger partial charge in [0.1, 0.15) is 0 Å². The molecule has 0 aromatic rings. The van der Waals surface area contributed by atoms with E-state index in [4.69, 9.17) is 5.73 Å². The Hall–Kier alpha value is 0.170. The van der Waals surface area contributed by atoms with Crippen molar-refractivity contribution in [3.05, 3.63) is 0 Å². The number of nitrogens with zero attached hydrogens (tertiary/aromatic N) is 1. The van der Waals surface area contributed by atoms with Crippen LogP contribution >= 0.6 is 12.4 Å². The van der Waals surface area contributed by atoms with Crippen molar-refractivity contribution < 1.29 is 0 Å². The molecule has 0 saturated carbocycles. The van der Waals surface area contributed by atoms with Gasteiger partial charge >= 0.3 is 0 Å². The van der Waals surface area contributed by atoms with Crippen LogP contribution in [0.25, 0.3) is 0 Å². The fourth-order valence-corrected chi connectivity index (χ4v) is 2.88. The molecule has 4 heteroatoms. The molecule has 2 rings (SSSR count). The number of nitrogens with two attached hydrogens (primary N) is 1. The minimum atomic E-state index is -0.0441. The van der Waals surface area contributed by atoms with E-state index in [-0.39, 0.29) is 17.9 Å². The first-order valence-electron chi connectivity index (χ1n) is 5.71. The Morgan fingerprint density at radius 1 is 1.40 bits per heavy atom. The second kappa shape index (κ2) is 4.58. The molecule has 15 heavy (non-hydrogen) atoms. The maximum absolute atomic E-state index is 6.05. The van der Waals surface area contributed by atoms with Gasteiger partial charge in [-0.1, -0.05) is 0 Å². The summed E-state index contributed by atoms with van der Waals surface area (Å²) in [6.45, 7) is 10.2. The van der Waals surface area contributed by atoms with Crippen LogP contribution in [-0.4, -0.2) is 43.2 Å². The van der Waals surface area contributed by atoms with Gasteiger partial charge in [-0.25, -0.2) is 0 Å². The van der Waals surface area contributed by atoms with Gasteiger partial charge in [-0.3, -0.25) is 0 Å². The van der Waals surface area contributed by atoms with Crippen molar-refractivity contribution in [2.75, 3.05) is 32.7 Å². The molecule has 0 aromatic carbocycles. The molecule has 2 saturated heterocycles. The molecule has 2 aliphatic heterocycles. The van der Waals surface area contributed by atoms with Gasteiger partial charge in [0.15, 0.2) is 0 Å². The van der Waals surface area contributed by atoms with Crippen LogP contribution in [0.2, 0.25) is 0 Å². The standard InChI is InChI=1S/C11H23N3.ClH/c1-10(2,12)8-14-6-4-11(9-14)3-5-13-7-11;/h13H,3-9,12H2,1-2H3;1H. The smallest absolute Gasteiger partial charge is 0.0226 e. The van der Waals surface area contributed by atoms with E-state index in [1.807, 2.05) is 0 Å². The first kappa shape index (κ1) is 13.2. The molecular formula is C11H24ClN3. The van der Waals surface area contributed by atoms with Crippen LogP contribution < -0.4 is 11.1 Å². The average molecular weight is 234 g/mol. The Labute approximate surface area is 99.2 Å². The third-order valence-corrected chi connectivity index (χ3v) is 3.48. The van der Waals surface area contributed by atoms with Gasteiger partial charge in [0.05, 0.1) is 0 Å². The van der Waals surface area contributed by atoms with Gasteiger partial charge in [0.25, 0.3) is 0 Å². The van der Waals surface area contributed by atoms with E-state index in [9.17, 15) is 0 Å². The first-order valence-corrected chi connectivity index (χ1v) is 5.71. The molecule has 3 N–H and O–H groups in total. The van der Waals surface area contributed by atoms with Crippen molar-refractivity contribution in [3.63, 3.8) is 0 Å². The Bertz CT molecular complexity index is 206. The Morgan fingerprint density at radius 2 is 2.13 bits per heavy atom. The summed E-state index contributed by atoms with van der Waals surface area (Å²) < 4.78 is 0. The Kier molecular flexibility index (Phi) is 4.04. The van der Waals surface area contributed by atoms with E-state index in [1.165, 1.54) is 39.0 Å². The lowest BCUT2D eigenvalue weighted by Crippen LogP contribution is -2.45. The molecule has 2 fully saturated rings. The van der Waals surface area contributed by atoms with Gasteiger partial charge in [-0.2, -0.15) is 0 Å². The highest BCUT2D eigenvalue weighted by Crippen LogP contribution is 2.36. The molecule has 0 amide bonds. The third kappa shape index (κ3) is 3.31. The van der Waals surface area contributed by atoms with E-state index >= 15 is 0 Å². The summed E-state index contributed by atoms with van der Waals surface area (Å²) in [7, 11) is 0. The zero-order valence-electron chi connectivity index (χ0n) is 9.88. The van der Waals surface area contributed by atoms with E-state index < -0.39 is 0 Å². The maximum Gasteiger partial charge on any atom is 0.0226 e. The van der Waals surface area contributed by atoms with Crippen molar-refractivity contribution in [3.8, 4) is 0 Å². The van der Waals surface area contributed by atoms with Gasteiger partial charge in [-0.05, 0) is 45.2 Å². The quantitative estimate of drug-likeness (QED) is 0.743. The second-order valence-electron chi connectivity index (χ2n) is 5.88. The third-order valence-electron chi connectivity index (χ3n) is 3.48. The normalized spacial score (nSPS) is 32.2. The predicted octanol–water partition coefficient (Wildman–Crippen LogP) is 0.831. The molecule has 2 aliphatic rings. The van der Waals surface area contributed by atoms with Crippen LogP contribution in [0.15, 0.2) is 0 Å². The first-order chi connectivity index (χ1) is 6.49. The molecule has 90 valence electrons. The molecule has 3 nitrogen and oxygen atoms in total. The zero-order chi connectivity index (χ0) is 10.2. The summed E-state index contributed by atoms with van der Waals surface area (Å²) in [6.07, 6.45) is 2.71. The number of likely N-dealkylation sites (tertiary alicyclic amines) is 1. The predicted molar refractivity (Wildman–Crippen MR) is 66.5 cm³/mol. The van der Waals surface area contributed by atoms with Crippen molar-refractivity contribution in [1.82, 2.24) is 10.2 Å². The fourth-order valence-electron chi connectivity index (χ4n) is 2.88. The van der Waals surface area contributed by atoms with Gasteiger partial charge in [-0.15, -0.1) is 12.4 Å². The summed E-state index contributed by atoms with van der Waals surface area (Å²) in [6, 6.07) is 0. The van der Waals surface area contributed by atoms with Crippen LogP contribution in [0, 0.1) is 5.41 Å². The zero-order valence-corrected chi connectivity index (χ0v) is 10.7. The highest BCUT2D eigenvalue weighted by molar-refractivity contribution is 5.85. The fraction of sp³-hybridized carbons (Fsp3) is 1.00. The summed E-state index contributed by atoms with van der Waals surface area (Å²) in [5.74, 6) is 0. The average Bonchev–Trinajstić information content (AvgIpc) is 2.60. The van der Waals surface area contributed by atoms with Crippen molar-refractivity contribution in [2.24, 2.45) is 11.1 Å². The van der Waals surface area contributed by atoms with Crippen molar-refractivity contribution in [2.45, 2.75) is 32.2 Å².